The molecule has 1 fully saturated rings. The number of hydrogen-bond acceptors (Lipinski definition) is 4. The van der Waals surface area contributed by atoms with Gasteiger partial charge < -0.3 is 5.32 Å². The predicted molar refractivity (Wildman–Crippen MR) is 88.2 cm³/mol. The molecule has 0 spiro atoms. The normalized spacial score (nSPS) is 20.2. The second-order valence-corrected chi connectivity index (χ2v) is 8.61. The summed E-state index contributed by atoms with van der Waals surface area (Å²) in [5.41, 5.74) is 0.883. The number of rotatable bonds is 7. The van der Waals surface area contributed by atoms with E-state index in [1.54, 1.807) is 15.6 Å². The van der Waals surface area contributed by atoms with Crippen molar-refractivity contribution < 1.29 is 8.42 Å². The molecule has 0 amide bonds. The van der Waals surface area contributed by atoms with E-state index in [1.807, 2.05) is 12.3 Å². The highest BCUT2D eigenvalue weighted by molar-refractivity contribution is 7.89. The van der Waals surface area contributed by atoms with Gasteiger partial charge in [0, 0.05) is 24.5 Å². The van der Waals surface area contributed by atoms with Gasteiger partial charge in [-0.25, -0.2) is 8.42 Å². The van der Waals surface area contributed by atoms with Crippen molar-refractivity contribution in [1.82, 2.24) is 9.62 Å². The summed E-state index contributed by atoms with van der Waals surface area (Å²) in [6.45, 7) is 9.05. The summed E-state index contributed by atoms with van der Waals surface area (Å²) in [6.07, 6.45) is 3.10. The van der Waals surface area contributed by atoms with Gasteiger partial charge in [0.25, 0.3) is 0 Å². The van der Waals surface area contributed by atoms with Gasteiger partial charge in [0.15, 0.2) is 0 Å². The smallest absolute Gasteiger partial charge is 0.244 e. The quantitative estimate of drug-likeness (QED) is 0.782. The lowest BCUT2D eigenvalue weighted by molar-refractivity contribution is 0.452. The zero-order valence-corrected chi connectivity index (χ0v) is 14.8. The number of aryl methyl sites for hydroxylation is 1. The molecule has 2 rings (SSSR count). The van der Waals surface area contributed by atoms with E-state index < -0.39 is 10.0 Å². The Hall–Kier alpha value is -0.430. The van der Waals surface area contributed by atoms with Crippen LogP contribution in [-0.4, -0.2) is 32.4 Å². The summed E-state index contributed by atoms with van der Waals surface area (Å²) in [4.78, 5) is 1.49. The van der Waals surface area contributed by atoms with Crippen molar-refractivity contribution in [2.45, 2.75) is 51.5 Å². The molecule has 0 saturated carbocycles. The summed E-state index contributed by atoms with van der Waals surface area (Å²) < 4.78 is 27.6. The van der Waals surface area contributed by atoms with Crippen molar-refractivity contribution in [2.24, 2.45) is 5.92 Å². The molecule has 6 heteroatoms. The van der Waals surface area contributed by atoms with Crippen LogP contribution in [0.4, 0.5) is 0 Å². The van der Waals surface area contributed by atoms with Gasteiger partial charge in [0.1, 0.15) is 4.90 Å². The van der Waals surface area contributed by atoms with E-state index in [0.717, 1.165) is 36.2 Å². The number of hydrogen-bond donors (Lipinski definition) is 1. The molecule has 1 atom stereocenters. The average molecular weight is 331 g/mol. The largest absolute Gasteiger partial charge is 0.312 e. The third kappa shape index (κ3) is 3.67. The number of thiophene rings is 1. The first-order valence-corrected chi connectivity index (χ1v) is 10.1. The molecule has 0 aliphatic carbocycles. The Morgan fingerprint density at radius 3 is 2.81 bits per heavy atom. The Kier molecular flexibility index (Phi) is 5.82. The SMILES string of the molecule is CCCNCc1scc(C)c1S(=O)(=O)N1CCC(CC)C1. The molecule has 1 aliphatic rings. The molecule has 0 aromatic carbocycles. The summed E-state index contributed by atoms with van der Waals surface area (Å²) in [5.74, 6) is 0.514. The second-order valence-electron chi connectivity index (χ2n) is 5.77. The van der Waals surface area contributed by atoms with Crippen molar-refractivity contribution in [3.63, 3.8) is 0 Å². The summed E-state index contributed by atoms with van der Waals surface area (Å²) in [5, 5.41) is 5.28. The van der Waals surface area contributed by atoms with Gasteiger partial charge in [-0.3, -0.25) is 0 Å². The number of nitrogens with zero attached hydrogens (tertiary/aromatic N) is 1. The second kappa shape index (κ2) is 7.22. The van der Waals surface area contributed by atoms with Gasteiger partial charge in [-0.15, -0.1) is 11.3 Å². The van der Waals surface area contributed by atoms with Crippen molar-refractivity contribution in [3.8, 4) is 0 Å². The highest BCUT2D eigenvalue weighted by Gasteiger charge is 2.34. The van der Waals surface area contributed by atoms with Gasteiger partial charge in [0.05, 0.1) is 0 Å². The van der Waals surface area contributed by atoms with Crippen molar-refractivity contribution in [2.75, 3.05) is 19.6 Å². The van der Waals surface area contributed by atoms with E-state index in [2.05, 4.69) is 19.2 Å². The molecule has 1 aromatic rings. The fraction of sp³-hybridized carbons (Fsp3) is 0.733. The molecule has 1 aliphatic heterocycles. The van der Waals surface area contributed by atoms with E-state index >= 15 is 0 Å². The fourth-order valence-corrected chi connectivity index (χ4v) is 6.07. The zero-order valence-electron chi connectivity index (χ0n) is 13.2. The van der Waals surface area contributed by atoms with Crippen molar-refractivity contribution in [1.29, 1.82) is 0 Å². The van der Waals surface area contributed by atoms with Gasteiger partial charge in [-0.1, -0.05) is 20.3 Å². The molecule has 2 heterocycles. The Morgan fingerprint density at radius 2 is 2.19 bits per heavy atom. The van der Waals surface area contributed by atoms with Crippen molar-refractivity contribution in [3.05, 3.63) is 15.8 Å². The third-order valence-corrected chi connectivity index (χ3v) is 7.45. The minimum atomic E-state index is -3.33. The lowest BCUT2D eigenvalue weighted by Gasteiger charge is -2.18. The van der Waals surface area contributed by atoms with Crippen LogP contribution in [0.3, 0.4) is 0 Å². The van der Waals surface area contributed by atoms with Crippen LogP contribution in [0.1, 0.15) is 43.6 Å². The monoisotopic (exact) mass is 330 g/mol. The lowest BCUT2D eigenvalue weighted by atomic mass is 10.1. The maximum absolute atomic E-state index is 12.9. The number of sulfonamides is 1. The average Bonchev–Trinajstić information content (AvgIpc) is 3.06. The maximum atomic E-state index is 12.9. The Balaban J connectivity index is 2.21. The van der Waals surface area contributed by atoms with Crippen LogP contribution in [0.15, 0.2) is 10.3 Å². The van der Waals surface area contributed by atoms with Gasteiger partial charge in [-0.05, 0) is 43.2 Å². The lowest BCUT2D eigenvalue weighted by Crippen LogP contribution is -2.30. The van der Waals surface area contributed by atoms with Crippen LogP contribution >= 0.6 is 11.3 Å². The first-order valence-electron chi connectivity index (χ1n) is 7.78. The van der Waals surface area contributed by atoms with E-state index in [-0.39, 0.29) is 0 Å². The van der Waals surface area contributed by atoms with Crippen LogP contribution in [0.25, 0.3) is 0 Å². The van der Waals surface area contributed by atoms with E-state index in [1.165, 1.54) is 0 Å². The molecular weight excluding hydrogens is 304 g/mol. The van der Waals surface area contributed by atoms with Crippen LogP contribution in [0.5, 0.6) is 0 Å². The predicted octanol–water partition coefficient (Wildman–Crippen LogP) is 2.98. The number of nitrogens with one attached hydrogen (secondary N) is 1. The molecule has 1 N–H and O–H groups in total. The summed E-state index contributed by atoms with van der Waals surface area (Å²) >= 11 is 1.55. The molecule has 4 nitrogen and oxygen atoms in total. The van der Waals surface area contributed by atoms with Gasteiger partial charge in [0.2, 0.25) is 10.0 Å². The molecule has 1 unspecified atom stereocenters. The van der Waals surface area contributed by atoms with Crippen LogP contribution in [-0.2, 0) is 16.6 Å². The van der Waals surface area contributed by atoms with E-state index in [4.69, 9.17) is 0 Å². The Morgan fingerprint density at radius 1 is 1.43 bits per heavy atom. The fourth-order valence-electron chi connectivity index (χ4n) is 2.81. The molecule has 120 valence electrons. The Labute approximate surface area is 132 Å². The van der Waals surface area contributed by atoms with E-state index in [9.17, 15) is 8.42 Å². The highest BCUT2D eigenvalue weighted by atomic mass is 32.2. The van der Waals surface area contributed by atoms with Crippen LogP contribution in [0.2, 0.25) is 0 Å². The Bertz CT molecular complexity index is 566. The topological polar surface area (TPSA) is 49.4 Å². The van der Waals surface area contributed by atoms with Gasteiger partial charge >= 0.3 is 0 Å². The summed E-state index contributed by atoms with van der Waals surface area (Å²) in [7, 11) is -3.33. The zero-order chi connectivity index (χ0) is 15.5. The summed E-state index contributed by atoms with van der Waals surface area (Å²) in [6, 6.07) is 0. The standard InChI is InChI=1S/C15H26N2O2S2/c1-4-7-16-9-14-15(12(3)11-20-14)21(18,19)17-8-6-13(5-2)10-17/h11,13,16H,4-10H2,1-3H3. The van der Waals surface area contributed by atoms with Gasteiger partial charge in [-0.2, -0.15) is 4.31 Å². The highest BCUT2D eigenvalue weighted by Crippen LogP contribution is 2.32. The molecule has 0 radical (unpaired) electrons. The minimum Gasteiger partial charge on any atom is -0.312 e. The molecule has 0 bridgehead atoms. The van der Waals surface area contributed by atoms with Crippen LogP contribution < -0.4 is 5.32 Å². The first kappa shape index (κ1) is 16.9. The minimum absolute atomic E-state index is 0.514. The molecule has 1 saturated heterocycles. The maximum Gasteiger partial charge on any atom is 0.244 e. The third-order valence-electron chi connectivity index (χ3n) is 4.13. The van der Waals surface area contributed by atoms with Crippen molar-refractivity contribution >= 4 is 21.4 Å². The first-order chi connectivity index (χ1) is 10.0. The molecule has 1 aromatic heterocycles. The molecular formula is C15H26N2O2S2. The van der Waals surface area contributed by atoms with Crippen LogP contribution in [0, 0.1) is 12.8 Å². The molecule has 21 heavy (non-hydrogen) atoms. The van der Waals surface area contributed by atoms with E-state index in [0.29, 0.717) is 30.4 Å².